The third kappa shape index (κ3) is 11.4. The lowest BCUT2D eigenvalue weighted by molar-refractivity contribution is -0.305. The number of esters is 1. The molecule has 0 bridgehead atoms. The maximum atomic E-state index is 11.4. The Balaban J connectivity index is 3.68. The van der Waals surface area contributed by atoms with Crippen LogP contribution in [0.4, 0.5) is 0 Å². The summed E-state index contributed by atoms with van der Waals surface area (Å²) >= 11 is 0. The lowest BCUT2D eigenvalue weighted by atomic mass is 10.0. The van der Waals surface area contributed by atoms with E-state index in [0.717, 1.165) is 12.8 Å². The Morgan fingerprint density at radius 1 is 1.11 bits per heavy atom. The van der Waals surface area contributed by atoms with E-state index in [-0.39, 0.29) is 30.5 Å². The van der Waals surface area contributed by atoms with Crippen LogP contribution in [-0.4, -0.2) is 24.3 Å². The van der Waals surface area contributed by atoms with Gasteiger partial charge in [-0.1, -0.05) is 13.3 Å². The number of carbonyl (C=O) groups is 3. The van der Waals surface area contributed by atoms with Crippen LogP contribution < -0.4 is 5.11 Å². The summed E-state index contributed by atoms with van der Waals surface area (Å²) in [5.74, 6) is -1.04. The van der Waals surface area contributed by atoms with Crippen LogP contribution in [0.2, 0.25) is 0 Å². The van der Waals surface area contributed by atoms with Crippen molar-refractivity contribution < 1.29 is 24.2 Å². The first-order chi connectivity index (χ1) is 8.95. The molecule has 1 atom stereocenters. The fourth-order valence-corrected chi connectivity index (χ4v) is 1.63. The Bertz CT molecular complexity index is 298. The van der Waals surface area contributed by atoms with E-state index < -0.39 is 5.97 Å². The molecule has 0 aliphatic carbocycles. The highest BCUT2D eigenvalue weighted by molar-refractivity contribution is 5.75. The first-order valence-corrected chi connectivity index (χ1v) is 6.80. The van der Waals surface area contributed by atoms with Gasteiger partial charge in [0, 0.05) is 18.8 Å². The molecule has 0 aliphatic rings. The molecule has 0 saturated carbocycles. The zero-order valence-electron chi connectivity index (χ0n) is 11.8. The molecule has 0 aliphatic heterocycles. The topological polar surface area (TPSA) is 83.5 Å². The van der Waals surface area contributed by atoms with Crippen LogP contribution in [0.1, 0.15) is 58.8 Å². The highest BCUT2D eigenvalue weighted by Gasteiger charge is 2.11. The Labute approximate surface area is 114 Å². The Hall–Kier alpha value is -1.39. The number of ether oxygens (including phenoxy) is 1. The van der Waals surface area contributed by atoms with Crippen molar-refractivity contribution in [2.24, 2.45) is 5.92 Å². The van der Waals surface area contributed by atoms with Crippen LogP contribution in [0, 0.1) is 5.92 Å². The number of hydrogen-bond acceptors (Lipinski definition) is 5. The molecule has 19 heavy (non-hydrogen) atoms. The van der Waals surface area contributed by atoms with E-state index in [9.17, 15) is 19.5 Å². The Kier molecular flexibility index (Phi) is 9.75. The first-order valence-electron chi connectivity index (χ1n) is 6.80. The van der Waals surface area contributed by atoms with Gasteiger partial charge in [-0.3, -0.25) is 4.79 Å². The number of carboxylic acids is 1. The number of Topliss-reactive ketones (excluding diaryl/α,β-unsaturated/α-hetero) is 1. The minimum atomic E-state index is -1.09. The van der Waals surface area contributed by atoms with E-state index in [2.05, 4.69) is 0 Å². The number of ketones is 1. The number of rotatable bonds is 11. The molecule has 0 aromatic rings. The van der Waals surface area contributed by atoms with Crippen LogP contribution in [0.15, 0.2) is 0 Å². The van der Waals surface area contributed by atoms with Gasteiger partial charge in [-0.25, -0.2) is 0 Å². The van der Waals surface area contributed by atoms with Gasteiger partial charge in [0.25, 0.3) is 0 Å². The van der Waals surface area contributed by atoms with E-state index in [1.165, 1.54) is 0 Å². The van der Waals surface area contributed by atoms with Crippen molar-refractivity contribution >= 4 is 17.7 Å². The second-order valence-corrected chi connectivity index (χ2v) is 4.78. The average Bonchev–Trinajstić information content (AvgIpc) is 2.34. The minimum absolute atomic E-state index is 0.0243. The predicted molar refractivity (Wildman–Crippen MR) is 68.1 cm³/mol. The van der Waals surface area contributed by atoms with Gasteiger partial charge in [-0.15, -0.1) is 0 Å². The second kappa shape index (κ2) is 10.5. The summed E-state index contributed by atoms with van der Waals surface area (Å²) in [5.41, 5.74) is 0. The fraction of sp³-hybridized carbons (Fsp3) is 0.786. The fourth-order valence-electron chi connectivity index (χ4n) is 1.63. The SMILES string of the molecule is CCC(CCC(C)=O)COC(=O)CCCCC(=O)[O-]. The third-order valence-electron chi connectivity index (χ3n) is 2.97. The van der Waals surface area contributed by atoms with Gasteiger partial charge in [0.15, 0.2) is 0 Å². The summed E-state index contributed by atoms with van der Waals surface area (Å²) in [6, 6.07) is 0. The number of aliphatic carboxylic acids is 1. The van der Waals surface area contributed by atoms with Gasteiger partial charge >= 0.3 is 5.97 Å². The first kappa shape index (κ1) is 17.6. The van der Waals surface area contributed by atoms with Crippen molar-refractivity contribution in [2.75, 3.05) is 6.61 Å². The minimum Gasteiger partial charge on any atom is -0.550 e. The van der Waals surface area contributed by atoms with Crippen molar-refractivity contribution in [3.63, 3.8) is 0 Å². The molecule has 0 saturated heterocycles. The molecule has 110 valence electrons. The second-order valence-electron chi connectivity index (χ2n) is 4.78. The van der Waals surface area contributed by atoms with E-state index >= 15 is 0 Å². The van der Waals surface area contributed by atoms with E-state index in [1.54, 1.807) is 6.92 Å². The standard InChI is InChI=1S/C14H24O5/c1-3-12(9-8-11(2)15)10-19-14(18)7-5-4-6-13(16)17/h12H,3-10H2,1-2H3,(H,16,17)/p-1. The summed E-state index contributed by atoms with van der Waals surface area (Å²) in [7, 11) is 0. The quantitative estimate of drug-likeness (QED) is 0.417. The van der Waals surface area contributed by atoms with E-state index in [1.807, 2.05) is 6.92 Å². The van der Waals surface area contributed by atoms with Gasteiger partial charge in [0.1, 0.15) is 5.78 Å². The molecule has 0 spiro atoms. The number of hydrogen-bond donors (Lipinski definition) is 0. The molecule has 5 heteroatoms. The van der Waals surface area contributed by atoms with Gasteiger partial charge in [0.05, 0.1) is 6.61 Å². The monoisotopic (exact) mass is 271 g/mol. The molecule has 0 N–H and O–H groups in total. The molecule has 0 radical (unpaired) electrons. The molecule has 0 rings (SSSR count). The summed E-state index contributed by atoms with van der Waals surface area (Å²) in [6.07, 6.45) is 3.26. The normalized spacial score (nSPS) is 11.9. The lowest BCUT2D eigenvalue weighted by Crippen LogP contribution is -2.21. The molecule has 0 amide bonds. The Morgan fingerprint density at radius 3 is 2.26 bits per heavy atom. The summed E-state index contributed by atoms with van der Waals surface area (Å²) in [6.45, 7) is 3.89. The van der Waals surface area contributed by atoms with E-state index in [4.69, 9.17) is 4.74 Å². The highest BCUT2D eigenvalue weighted by atomic mass is 16.5. The molecule has 5 nitrogen and oxygen atoms in total. The molecular formula is C14H23O5-. The zero-order chi connectivity index (χ0) is 14.7. The van der Waals surface area contributed by atoms with Crippen LogP contribution in [0.3, 0.4) is 0 Å². The lowest BCUT2D eigenvalue weighted by Gasteiger charge is -2.14. The third-order valence-corrected chi connectivity index (χ3v) is 2.97. The zero-order valence-corrected chi connectivity index (χ0v) is 11.8. The van der Waals surface area contributed by atoms with Crippen LogP contribution in [-0.2, 0) is 19.1 Å². The van der Waals surface area contributed by atoms with Gasteiger partial charge in [0.2, 0.25) is 0 Å². The van der Waals surface area contributed by atoms with Crippen molar-refractivity contribution in [3.05, 3.63) is 0 Å². The van der Waals surface area contributed by atoms with Crippen LogP contribution in [0.25, 0.3) is 0 Å². The van der Waals surface area contributed by atoms with Crippen LogP contribution >= 0.6 is 0 Å². The predicted octanol–water partition coefficient (Wildman–Crippen LogP) is 1.24. The van der Waals surface area contributed by atoms with Crippen molar-refractivity contribution in [2.45, 2.75) is 58.8 Å². The number of carboxylic acid groups (broad SMARTS) is 1. The summed E-state index contributed by atoms with van der Waals surface area (Å²) < 4.78 is 5.12. The van der Waals surface area contributed by atoms with Gasteiger partial charge in [-0.2, -0.15) is 0 Å². The van der Waals surface area contributed by atoms with Gasteiger partial charge < -0.3 is 19.4 Å². The number of carbonyl (C=O) groups excluding carboxylic acids is 3. The molecule has 0 aromatic heterocycles. The summed E-state index contributed by atoms with van der Waals surface area (Å²) in [4.78, 5) is 32.4. The number of unbranched alkanes of at least 4 members (excludes halogenated alkanes) is 1. The van der Waals surface area contributed by atoms with Crippen molar-refractivity contribution in [1.82, 2.24) is 0 Å². The smallest absolute Gasteiger partial charge is 0.305 e. The molecular weight excluding hydrogens is 248 g/mol. The van der Waals surface area contributed by atoms with Crippen molar-refractivity contribution in [1.29, 1.82) is 0 Å². The molecule has 1 unspecified atom stereocenters. The average molecular weight is 271 g/mol. The molecule has 0 heterocycles. The molecule has 0 fully saturated rings. The maximum absolute atomic E-state index is 11.4. The summed E-state index contributed by atoms with van der Waals surface area (Å²) in [5, 5.41) is 10.2. The Morgan fingerprint density at radius 2 is 1.74 bits per heavy atom. The maximum Gasteiger partial charge on any atom is 0.305 e. The van der Waals surface area contributed by atoms with E-state index in [0.29, 0.717) is 25.9 Å². The van der Waals surface area contributed by atoms with Gasteiger partial charge in [-0.05, 0) is 38.5 Å². The largest absolute Gasteiger partial charge is 0.550 e. The highest BCUT2D eigenvalue weighted by Crippen LogP contribution is 2.12. The van der Waals surface area contributed by atoms with Crippen LogP contribution in [0.5, 0.6) is 0 Å². The van der Waals surface area contributed by atoms with Crippen molar-refractivity contribution in [3.8, 4) is 0 Å². The molecule has 0 aromatic carbocycles.